The van der Waals surface area contributed by atoms with Crippen LogP contribution in [0.25, 0.3) is 0 Å². The van der Waals surface area contributed by atoms with Crippen molar-refractivity contribution in [3.63, 3.8) is 0 Å². The van der Waals surface area contributed by atoms with Crippen LogP contribution in [0.1, 0.15) is 32.6 Å². The Bertz CT molecular complexity index is 250. The Morgan fingerprint density at radius 1 is 1.56 bits per heavy atom. The summed E-state index contributed by atoms with van der Waals surface area (Å²) >= 11 is 0. The Morgan fingerprint density at radius 2 is 2.31 bits per heavy atom. The quantitative estimate of drug-likeness (QED) is 0.477. The summed E-state index contributed by atoms with van der Waals surface area (Å²) in [4.78, 5) is 2.40. The topological polar surface area (TPSA) is 39.1 Å². The lowest BCUT2D eigenvalue weighted by Crippen LogP contribution is -2.32. The second-order valence-corrected chi connectivity index (χ2v) is 4.54. The Balaban J connectivity index is 2.20. The zero-order valence-electron chi connectivity index (χ0n) is 10.3. The lowest BCUT2D eigenvalue weighted by Gasteiger charge is -2.22. The largest absolute Gasteiger partial charge is 0.313 e. The Morgan fingerprint density at radius 3 is 2.88 bits per heavy atom. The minimum absolute atomic E-state index is 0.631. The first-order valence-electron chi connectivity index (χ1n) is 6.26. The fourth-order valence-electron chi connectivity index (χ4n) is 1.81. The summed E-state index contributed by atoms with van der Waals surface area (Å²) in [5.41, 5.74) is 1.23. The summed E-state index contributed by atoms with van der Waals surface area (Å²) in [6, 6.07) is 2.94. The van der Waals surface area contributed by atoms with Crippen LogP contribution in [0.15, 0.2) is 12.2 Å². The van der Waals surface area contributed by atoms with E-state index >= 15 is 0 Å². The molecule has 1 N–H and O–H groups in total. The zero-order chi connectivity index (χ0) is 11.8. The maximum Gasteiger partial charge on any atom is 0.0635 e. The standard InChI is InChI=1S/C13H23N3/c1-3-8-15-10-12(2)11-16(9-4-7-14)13-5-6-13/h13,15H,2-6,8-11H2,1H3. The molecular formula is C13H23N3. The van der Waals surface area contributed by atoms with Gasteiger partial charge in [0, 0.05) is 32.1 Å². The third kappa shape index (κ3) is 5.29. The molecule has 1 fully saturated rings. The zero-order valence-corrected chi connectivity index (χ0v) is 10.3. The molecule has 0 radical (unpaired) electrons. The number of nitrogens with zero attached hydrogens (tertiary/aromatic N) is 2. The van der Waals surface area contributed by atoms with E-state index in [4.69, 9.17) is 5.26 Å². The van der Waals surface area contributed by atoms with Crippen LogP contribution in [0.5, 0.6) is 0 Å². The van der Waals surface area contributed by atoms with E-state index in [-0.39, 0.29) is 0 Å². The highest BCUT2D eigenvalue weighted by atomic mass is 15.2. The van der Waals surface area contributed by atoms with E-state index in [9.17, 15) is 0 Å². The van der Waals surface area contributed by atoms with Gasteiger partial charge >= 0.3 is 0 Å². The van der Waals surface area contributed by atoms with E-state index in [1.807, 2.05) is 0 Å². The number of hydrogen-bond acceptors (Lipinski definition) is 3. The lowest BCUT2D eigenvalue weighted by molar-refractivity contribution is 0.290. The smallest absolute Gasteiger partial charge is 0.0635 e. The van der Waals surface area contributed by atoms with Crippen molar-refractivity contribution >= 4 is 0 Å². The van der Waals surface area contributed by atoms with Gasteiger partial charge in [-0.2, -0.15) is 5.26 Å². The molecule has 0 aromatic rings. The van der Waals surface area contributed by atoms with Crippen LogP contribution in [-0.2, 0) is 0 Å². The third-order valence-corrected chi connectivity index (χ3v) is 2.80. The van der Waals surface area contributed by atoms with E-state index in [1.54, 1.807) is 0 Å². The van der Waals surface area contributed by atoms with Gasteiger partial charge in [-0.1, -0.05) is 13.5 Å². The van der Waals surface area contributed by atoms with Gasteiger partial charge in [-0.25, -0.2) is 0 Å². The van der Waals surface area contributed by atoms with Crippen molar-refractivity contribution in [1.82, 2.24) is 10.2 Å². The molecule has 16 heavy (non-hydrogen) atoms. The van der Waals surface area contributed by atoms with E-state index < -0.39 is 0 Å². The van der Waals surface area contributed by atoms with Crippen LogP contribution in [-0.4, -0.2) is 37.1 Å². The molecular weight excluding hydrogens is 198 g/mol. The average Bonchev–Trinajstić information content (AvgIpc) is 3.08. The van der Waals surface area contributed by atoms with Gasteiger partial charge in [0.1, 0.15) is 0 Å². The van der Waals surface area contributed by atoms with Crippen molar-refractivity contribution in [2.75, 3.05) is 26.2 Å². The van der Waals surface area contributed by atoms with Crippen molar-refractivity contribution < 1.29 is 0 Å². The molecule has 0 atom stereocenters. The molecule has 0 aromatic carbocycles. The van der Waals surface area contributed by atoms with Crippen LogP contribution in [0.2, 0.25) is 0 Å². The molecule has 0 amide bonds. The number of nitrogens with one attached hydrogen (secondary N) is 1. The molecule has 1 saturated carbocycles. The fourth-order valence-corrected chi connectivity index (χ4v) is 1.81. The minimum Gasteiger partial charge on any atom is -0.313 e. The Kier molecular flexibility index (Phi) is 6.14. The van der Waals surface area contributed by atoms with E-state index in [0.29, 0.717) is 6.42 Å². The van der Waals surface area contributed by atoms with E-state index in [0.717, 1.165) is 38.6 Å². The number of hydrogen-bond donors (Lipinski definition) is 1. The molecule has 1 aliphatic rings. The molecule has 0 saturated heterocycles. The first kappa shape index (κ1) is 13.2. The lowest BCUT2D eigenvalue weighted by atomic mass is 10.2. The van der Waals surface area contributed by atoms with Crippen molar-refractivity contribution in [2.24, 2.45) is 0 Å². The Hall–Kier alpha value is -0.850. The van der Waals surface area contributed by atoms with Gasteiger partial charge in [0.15, 0.2) is 0 Å². The van der Waals surface area contributed by atoms with Crippen LogP contribution in [0.3, 0.4) is 0 Å². The fraction of sp³-hybridized carbons (Fsp3) is 0.769. The van der Waals surface area contributed by atoms with Crippen molar-refractivity contribution in [1.29, 1.82) is 5.26 Å². The number of nitriles is 1. The second-order valence-electron chi connectivity index (χ2n) is 4.54. The van der Waals surface area contributed by atoms with Gasteiger partial charge in [0.05, 0.1) is 6.07 Å². The molecule has 1 aliphatic carbocycles. The second kappa shape index (κ2) is 7.43. The highest BCUT2D eigenvalue weighted by Crippen LogP contribution is 2.27. The SMILES string of the molecule is C=C(CNCCC)CN(CCC#N)C1CC1. The summed E-state index contributed by atoms with van der Waals surface area (Å²) in [6.45, 7) is 10.1. The third-order valence-electron chi connectivity index (χ3n) is 2.80. The molecule has 0 unspecified atom stereocenters. The Labute approximate surface area is 99.1 Å². The molecule has 0 aromatic heterocycles. The van der Waals surface area contributed by atoms with Gasteiger partial charge in [0.2, 0.25) is 0 Å². The highest BCUT2D eigenvalue weighted by molar-refractivity contribution is 5.02. The first-order chi connectivity index (χ1) is 7.77. The molecule has 90 valence electrons. The molecule has 0 bridgehead atoms. The molecule has 3 nitrogen and oxygen atoms in total. The van der Waals surface area contributed by atoms with Gasteiger partial charge in [-0.3, -0.25) is 4.90 Å². The molecule has 0 aliphatic heterocycles. The van der Waals surface area contributed by atoms with Crippen LogP contribution >= 0.6 is 0 Å². The summed E-state index contributed by atoms with van der Waals surface area (Å²) < 4.78 is 0. The normalized spacial score (nSPS) is 15.1. The van der Waals surface area contributed by atoms with Gasteiger partial charge in [-0.05, 0) is 31.4 Å². The van der Waals surface area contributed by atoms with E-state index in [1.165, 1.54) is 18.4 Å². The van der Waals surface area contributed by atoms with Gasteiger partial charge < -0.3 is 5.32 Å². The van der Waals surface area contributed by atoms with Crippen molar-refractivity contribution in [3.8, 4) is 6.07 Å². The summed E-state index contributed by atoms with van der Waals surface area (Å²) in [5, 5.41) is 12.0. The van der Waals surface area contributed by atoms with Crippen LogP contribution in [0, 0.1) is 11.3 Å². The summed E-state index contributed by atoms with van der Waals surface area (Å²) in [5.74, 6) is 0. The molecule has 0 spiro atoms. The maximum atomic E-state index is 8.61. The van der Waals surface area contributed by atoms with E-state index in [2.05, 4.69) is 29.8 Å². The molecule has 0 heterocycles. The summed E-state index contributed by atoms with van der Waals surface area (Å²) in [6.07, 6.45) is 4.38. The van der Waals surface area contributed by atoms with Crippen LogP contribution in [0.4, 0.5) is 0 Å². The molecule has 1 rings (SSSR count). The van der Waals surface area contributed by atoms with Crippen molar-refractivity contribution in [3.05, 3.63) is 12.2 Å². The number of rotatable bonds is 9. The average molecular weight is 221 g/mol. The monoisotopic (exact) mass is 221 g/mol. The first-order valence-corrected chi connectivity index (χ1v) is 6.26. The van der Waals surface area contributed by atoms with Crippen LogP contribution < -0.4 is 5.32 Å². The predicted octanol–water partition coefficient (Wildman–Crippen LogP) is 1.92. The van der Waals surface area contributed by atoms with Gasteiger partial charge in [0.25, 0.3) is 0 Å². The maximum absolute atomic E-state index is 8.61. The van der Waals surface area contributed by atoms with Gasteiger partial charge in [-0.15, -0.1) is 0 Å². The predicted molar refractivity (Wildman–Crippen MR) is 67.1 cm³/mol. The minimum atomic E-state index is 0.631. The van der Waals surface area contributed by atoms with Crippen molar-refractivity contribution in [2.45, 2.75) is 38.6 Å². The molecule has 3 heteroatoms. The summed E-state index contributed by atoms with van der Waals surface area (Å²) in [7, 11) is 0. The highest BCUT2D eigenvalue weighted by Gasteiger charge is 2.28.